The number of benzene rings is 1. The first-order chi connectivity index (χ1) is 10.1. The highest BCUT2D eigenvalue weighted by Gasteiger charge is 2.07. The molecular formula is C17H25N3O. The summed E-state index contributed by atoms with van der Waals surface area (Å²) in [4.78, 5) is 0. The molecule has 1 aromatic carbocycles. The summed E-state index contributed by atoms with van der Waals surface area (Å²) in [6.07, 6.45) is 0.948. The van der Waals surface area contributed by atoms with Crippen LogP contribution in [0.4, 0.5) is 0 Å². The fraction of sp³-hybridized carbons (Fsp3) is 0.471. The lowest BCUT2D eigenvalue weighted by molar-refractivity contribution is 0.294. The molecule has 2 rings (SSSR count). The maximum Gasteiger partial charge on any atom is 0.130 e. The number of ether oxygens (including phenoxy) is 1. The van der Waals surface area contributed by atoms with Gasteiger partial charge in [0.15, 0.2) is 0 Å². The van der Waals surface area contributed by atoms with Crippen LogP contribution in [0.2, 0.25) is 0 Å². The van der Waals surface area contributed by atoms with Crippen LogP contribution in [0.3, 0.4) is 0 Å². The van der Waals surface area contributed by atoms with E-state index in [0.29, 0.717) is 12.6 Å². The molecule has 21 heavy (non-hydrogen) atoms. The van der Waals surface area contributed by atoms with E-state index in [2.05, 4.69) is 49.4 Å². The highest BCUT2D eigenvalue weighted by molar-refractivity contribution is 5.30. The lowest BCUT2D eigenvalue weighted by atomic mass is 10.1. The molecule has 0 aliphatic carbocycles. The fourth-order valence-electron chi connectivity index (χ4n) is 2.33. The van der Waals surface area contributed by atoms with Crippen molar-refractivity contribution in [1.82, 2.24) is 15.1 Å². The van der Waals surface area contributed by atoms with E-state index in [1.54, 1.807) is 0 Å². The van der Waals surface area contributed by atoms with E-state index >= 15 is 0 Å². The Bertz CT molecular complexity index is 577. The number of aryl methyl sites for hydroxylation is 2. The van der Waals surface area contributed by atoms with Crippen molar-refractivity contribution in [1.29, 1.82) is 0 Å². The van der Waals surface area contributed by atoms with Crippen LogP contribution in [0.5, 0.6) is 5.75 Å². The Labute approximate surface area is 127 Å². The summed E-state index contributed by atoms with van der Waals surface area (Å²) in [5.74, 6) is 0.900. The fourth-order valence-corrected chi connectivity index (χ4v) is 2.33. The summed E-state index contributed by atoms with van der Waals surface area (Å²) in [5, 5.41) is 7.85. The van der Waals surface area contributed by atoms with Crippen LogP contribution >= 0.6 is 0 Å². The molecule has 1 unspecified atom stereocenters. The monoisotopic (exact) mass is 287 g/mol. The van der Waals surface area contributed by atoms with Crippen LogP contribution in [-0.4, -0.2) is 16.3 Å². The number of hydrogen-bond acceptors (Lipinski definition) is 3. The van der Waals surface area contributed by atoms with Gasteiger partial charge in [0, 0.05) is 13.1 Å². The Kier molecular flexibility index (Phi) is 5.39. The molecule has 0 fully saturated rings. The molecule has 0 saturated carbocycles. The van der Waals surface area contributed by atoms with Crippen molar-refractivity contribution in [2.24, 2.45) is 7.05 Å². The minimum absolute atomic E-state index is 0.335. The van der Waals surface area contributed by atoms with Gasteiger partial charge >= 0.3 is 0 Å². The molecule has 0 aliphatic rings. The normalized spacial score (nSPS) is 12.4. The molecule has 1 atom stereocenters. The summed E-state index contributed by atoms with van der Waals surface area (Å²) < 4.78 is 7.80. The van der Waals surface area contributed by atoms with E-state index in [-0.39, 0.29) is 0 Å². The molecule has 2 aromatic rings. The Morgan fingerprint density at radius 2 is 2.10 bits per heavy atom. The van der Waals surface area contributed by atoms with Crippen molar-refractivity contribution < 1.29 is 4.74 Å². The van der Waals surface area contributed by atoms with Crippen molar-refractivity contribution in [3.8, 4) is 5.75 Å². The minimum atomic E-state index is 0.335. The summed E-state index contributed by atoms with van der Waals surface area (Å²) in [6.45, 7) is 7.89. The predicted octanol–water partition coefficient (Wildman–Crippen LogP) is 3.23. The first kappa shape index (κ1) is 15.6. The van der Waals surface area contributed by atoms with Crippen LogP contribution in [-0.2, 0) is 20.1 Å². The number of nitrogens with zero attached hydrogens (tertiary/aromatic N) is 2. The highest BCUT2D eigenvalue weighted by atomic mass is 16.5. The van der Waals surface area contributed by atoms with Gasteiger partial charge < -0.3 is 10.1 Å². The third-order valence-corrected chi connectivity index (χ3v) is 3.64. The van der Waals surface area contributed by atoms with Gasteiger partial charge in [0.1, 0.15) is 12.4 Å². The zero-order valence-corrected chi connectivity index (χ0v) is 13.4. The highest BCUT2D eigenvalue weighted by Crippen LogP contribution is 2.20. The van der Waals surface area contributed by atoms with Gasteiger partial charge in [-0.1, -0.05) is 26.0 Å². The molecule has 1 aromatic heterocycles. The molecule has 4 heteroatoms. The van der Waals surface area contributed by atoms with E-state index < -0.39 is 0 Å². The van der Waals surface area contributed by atoms with E-state index in [1.807, 2.05) is 23.9 Å². The maximum atomic E-state index is 5.91. The Hall–Kier alpha value is -1.81. The second-order valence-corrected chi connectivity index (χ2v) is 5.24. The average Bonchev–Trinajstić information content (AvgIpc) is 2.86. The number of aromatic nitrogens is 2. The molecule has 0 amide bonds. The van der Waals surface area contributed by atoms with Crippen molar-refractivity contribution in [3.05, 3.63) is 47.3 Å². The summed E-state index contributed by atoms with van der Waals surface area (Å²) in [5.41, 5.74) is 3.44. The first-order valence-corrected chi connectivity index (χ1v) is 7.62. The molecule has 1 heterocycles. The van der Waals surface area contributed by atoms with Crippen molar-refractivity contribution in [3.63, 3.8) is 0 Å². The van der Waals surface area contributed by atoms with E-state index in [4.69, 9.17) is 4.74 Å². The van der Waals surface area contributed by atoms with Gasteiger partial charge in [0.05, 0.1) is 11.4 Å². The summed E-state index contributed by atoms with van der Waals surface area (Å²) >= 11 is 0. The molecular weight excluding hydrogens is 262 g/mol. The quantitative estimate of drug-likeness (QED) is 0.849. The lowest BCUT2D eigenvalue weighted by Crippen LogP contribution is -2.17. The van der Waals surface area contributed by atoms with Crippen LogP contribution in [0.1, 0.15) is 43.8 Å². The number of hydrogen-bond donors (Lipinski definition) is 1. The SMILES string of the molecule is CCNC(C)c1cccc(OCc2cc(CC)nn2C)c1. The van der Waals surface area contributed by atoms with Gasteiger partial charge in [0.25, 0.3) is 0 Å². The Morgan fingerprint density at radius 1 is 1.29 bits per heavy atom. The summed E-state index contributed by atoms with van der Waals surface area (Å²) in [7, 11) is 1.96. The van der Waals surface area contributed by atoms with Crippen LogP contribution in [0, 0.1) is 0 Å². The molecule has 0 bridgehead atoms. The standard InChI is InChI=1S/C17H25N3O/c1-5-15-11-16(20(4)19-15)12-21-17-9-7-8-14(10-17)13(3)18-6-2/h7-11,13,18H,5-6,12H2,1-4H3. The third kappa shape index (κ3) is 4.08. The predicted molar refractivity (Wildman–Crippen MR) is 85.5 cm³/mol. The molecule has 0 aliphatic heterocycles. The molecule has 0 saturated heterocycles. The molecule has 1 N–H and O–H groups in total. The average molecular weight is 287 g/mol. The van der Waals surface area contributed by atoms with E-state index in [0.717, 1.165) is 30.1 Å². The first-order valence-electron chi connectivity index (χ1n) is 7.62. The molecule has 0 spiro atoms. The number of rotatable bonds is 7. The zero-order chi connectivity index (χ0) is 15.2. The second-order valence-electron chi connectivity index (χ2n) is 5.24. The second kappa shape index (κ2) is 7.27. The van der Waals surface area contributed by atoms with Gasteiger partial charge in [0.2, 0.25) is 0 Å². The van der Waals surface area contributed by atoms with Crippen molar-refractivity contribution in [2.75, 3.05) is 6.54 Å². The van der Waals surface area contributed by atoms with Gasteiger partial charge in [-0.2, -0.15) is 5.10 Å². The molecule has 114 valence electrons. The Morgan fingerprint density at radius 3 is 2.76 bits per heavy atom. The van der Waals surface area contributed by atoms with Crippen LogP contribution in [0.15, 0.2) is 30.3 Å². The van der Waals surface area contributed by atoms with Crippen molar-refractivity contribution >= 4 is 0 Å². The maximum absolute atomic E-state index is 5.91. The van der Waals surface area contributed by atoms with E-state index in [1.165, 1.54) is 5.56 Å². The zero-order valence-electron chi connectivity index (χ0n) is 13.4. The van der Waals surface area contributed by atoms with Crippen LogP contribution in [0.25, 0.3) is 0 Å². The smallest absolute Gasteiger partial charge is 0.130 e. The van der Waals surface area contributed by atoms with Gasteiger partial charge in [-0.3, -0.25) is 4.68 Å². The Balaban J connectivity index is 2.02. The van der Waals surface area contributed by atoms with Gasteiger partial charge in [-0.25, -0.2) is 0 Å². The largest absolute Gasteiger partial charge is 0.487 e. The van der Waals surface area contributed by atoms with E-state index in [9.17, 15) is 0 Å². The van der Waals surface area contributed by atoms with Gasteiger partial charge in [-0.15, -0.1) is 0 Å². The van der Waals surface area contributed by atoms with Crippen LogP contribution < -0.4 is 10.1 Å². The van der Waals surface area contributed by atoms with Crippen molar-refractivity contribution in [2.45, 2.75) is 39.8 Å². The lowest BCUT2D eigenvalue weighted by Gasteiger charge is -2.14. The third-order valence-electron chi connectivity index (χ3n) is 3.64. The summed E-state index contributed by atoms with van der Waals surface area (Å²) in [6, 6.07) is 10.7. The topological polar surface area (TPSA) is 39.1 Å². The minimum Gasteiger partial charge on any atom is -0.487 e. The van der Waals surface area contributed by atoms with Gasteiger partial charge in [-0.05, 0) is 43.7 Å². The molecule has 0 radical (unpaired) electrons. The molecule has 4 nitrogen and oxygen atoms in total. The number of nitrogens with one attached hydrogen (secondary N) is 1.